The number of fused-ring (bicyclic) bond motifs is 3. The quantitative estimate of drug-likeness (QED) is 0.181. The molecule has 13 heteroatoms. The van der Waals surface area contributed by atoms with Crippen LogP contribution in [0.15, 0.2) is 23.3 Å². The molecule has 0 aromatic carbocycles. The van der Waals surface area contributed by atoms with E-state index in [1.54, 1.807) is 21.0 Å². The number of cyclic esters (lactones) is 1. The summed E-state index contributed by atoms with van der Waals surface area (Å²) < 4.78 is 29.8. The minimum atomic E-state index is -2.50. The van der Waals surface area contributed by atoms with Gasteiger partial charge in [0.1, 0.15) is 24.0 Å². The Kier molecular flexibility index (Phi) is 17.5. The maximum atomic E-state index is 14.3. The van der Waals surface area contributed by atoms with Crippen molar-refractivity contribution in [1.29, 1.82) is 0 Å². The average molecular weight is 806 g/mol. The highest BCUT2D eigenvalue weighted by Gasteiger charge is 2.56. The van der Waals surface area contributed by atoms with Crippen molar-refractivity contribution >= 4 is 23.4 Å². The number of carbonyl (C=O) groups excluding carboxylic acids is 4. The molecular formula is C44H71NO12. The Morgan fingerprint density at radius 2 is 1.58 bits per heavy atom. The highest BCUT2D eigenvalue weighted by molar-refractivity contribution is 6.39. The first-order chi connectivity index (χ1) is 27.0. The lowest BCUT2D eigenvalue weighted by atomic mass is 9.81. The number of nitrogens with zero attached hydrogens (tertiary/aromatic N) is 1. The summed E-state index contributed by atoms with van der Waals surface area (Å²) in [5, 5.41) is 34.2. The van der Waals surface area contributed by atoms with Crippen LogP contribution in [-0.2, 0) is 42.9 Å². The number of hydrogen-bond acceptors (Lipinski definition) is 12. The molecule has 1 saturated carbocycles. The van der Waals surface area contributed by atoms with Crippen LogP contribution in [0.25, 0.3) is 0 Å². The molecule has 1 aliphatic carbocycles. The van der Waals surface area contributed by atoms with E-state index in [1.807, 2.05) is 32.9 Å². The fourth-order valence-corrected chi connectivity index (χ4v) is 9.60. The van der Waals surface area contributed by atoms with Crippen LogP contribution < -0.4 is 0 Å². The number of methoxy groups -OCH3 is 3. The van der Waals surface area contributed by atoms with Crippen molar-refractivity contribution in [2.24, 2.45) is 29.6 Å². The van der Waals surface area contributed by atoms with Crippen molar-refractivity contribution in [3.05, 3.63) is 23.3 Å². The number of carbonyl (C=O) groups is 4. The second-order valence-electron chi connectivity index (χ2n) is 17.5. The highest BCUT2D eigenvalue weighted by Crippen LogP contribution is 2.39. The molecule has 4 rings (SSSR count). The smallest absolute Gasteiger partial charge is 0.329 e. The van der Waals surface area contributed by atoms with Crippen LogP contribution in [0.5, 0.6) is 0 Å². The molecule has 14 atom stereocenters. The van der Waals surface area contributed by atoms with Gasteiger partial charge in [0.25, 0.3) is 11.7 Å². The zero-order chi connectivity index (χ0) is 42.2. The number of esters is 1. The van der Waals surface area contributed by atoms with Crippen LogP contribution in [0.1, 0.15) is 119 Å². The molecule has 7 unspecified atom stereocenters. The normalized spacial score (nSPS) is 41.1. The first-order valence-electron chi connectivity index (χ1n) is 21.3. The third-order valence-corrected chi connectivity index (χ3v) is 13.1. The van der Waals surface area contributed by atoms with Gasteiger partial charge < -0.3 is 43.9 Å². The monoisotopic (exact) mass is 805 g/mol. The van der Waals surface area contributed by atoms with Gasteiger partial charge in [0.15, 0.2) is 0 Å². The lowest BCUT2D eigenvalue weighted by Crippen LogP contribution is -2.64. The molecule has 2 bridgehead atoms. The van der Waals surface area contributed by atoms with Crippen LogP contribution in [0.3, 0.4) is 0 Å². The highest BCUT2D eigenvalue weighted by atomic mass is 16.7. The molecule has 3 heterocycles. The van der Waals surface area contributed by atoms with E-state index in [2.05, 4.69) is 6.92 Å². The van der Waals surface area contributed by atoms with Crippen LogP contribution in [0.2, 0.25) is 0 Å². The van der Waals surface area contributed by atoms with Crippen molar-refractivity contribution in [1.82, 2.24) is 4.90 Å². The largest absolute Gasteiger partial charge is 0.456 e. The fourth-order valence-electron chi connectivity index (χ4n) is 9.60. The van der Waals surface area contributed by atoms with Crippen molar-refractivity contribution < 1.29 is 58.2 Å². The third-order valence-electron chi connectivity index (χ3n) is 13.1. The van der Waals surface area contributed by atoms with E-state index in [1.165, 1.54) is 19.1 Å². The predicted molar refractivity (Wildman–Crippen MR) is 213 cm³/mol. The van der Waals surface area contributed by atoms with E-state index in [4.69, 9.17) is 23.7 Å². The van der Waals surface area contributed by atoms with Crippen molar-refractivity contribution in [3.8, 4) is 0 Å². The molecule has 3 N–H and O–H groups in total. The zero-order valence-corrected chi connectivity index (χ0v) is 35.8. The van der Waals surface area contributed by atoms with Crippen LogP contribution in [-0.4, -0.2) is 126 Å². The van der Waals surface area contributed by atoms with Gasteiger partial charge in [-0.15, -0.1) is 0 Å². The van der Waals surface area contributed by atoms with Crippen molar-refractivity contribution in [2.75, 3.05) is 27.9 Å². The topological polar surface area (TPSA) is 178 Å². The SMILES string of the molecule is CCC[C@@H]1/C=C(\C)CC(C)CC(OC)C2O[C@@](O)(C(=O)C(=O)N3CCCC[C@H]3C(=O)OC(/C(C)=C/[C@@H]3CCC(O)[C@H](OC)C3)C(C)C(O)CC1=O)[C@H](C)C[C@@H]2OC. The zero-order valence-electron chi connectivity index (χ0n) is 35.8. The Balaban J connectivity index is 1.77. The number of piperidine rings is 1. The second kappa shape index (κ2) is 21.1. The van der Waals surface area contributed by atoms with E-state index in [0.29, 0.717) is 56.9 Å². The van der Waals surface area contributed by atoms with E-state index in [0.717, 1.165) is 12.0 Å². The summed E-state index contributed by atoms with van der Waals surface area (Å²) in [6, 6.07) is -1.13. The standard InChI is InChI=1S/C44H71NO12/c1-10-13-31-19-25(2)18-26(3)20-37(54-8)40-38(55-9)22-28(5)44(52,57-40)41(49)42(50)45-17-12-11-14-32(45)43(51)56-39(29(6)34(47)24-35(31)48)27(4)21-30-15-16-33(46)36(23-30)53-7/h19,21,26,28-34,36-40,46-47,52H,10-18,20,22-24H2,1-9H3/b25-19+,27-21+/t26?,28-,29?,30+,31-,32+,33?,34?,36-,37?,38+,39?,40?,44-/m1/s1. The lowest BCUT2D eigenvalue weighted by molar-refractivity contribution is -0.302. The number of ketones is 2. The Bertz CT molecular complexity index is 1450. The van der Waals surface area contributed by atoms with E-state index < -0.39 is 83.9 Å². The molecule has 3 fully saturated rings. The number of aliphatic hydroxyl groups is 3. The number of amides is 1. The molecule has 0 aromatic heterocycles. The van der Waals surface area contributed by atoms with Gasteiger partial charge in [-0.3, -0.25) is 14.4 Å². The molecule has 2 saturated heterocycles. The number of ether oxygens (including phenoxy) is 5. The van der Waals surface area contributed by atoms with Gasteiger partial charge >= 0.3 is 5.97 Å². The predicted octanol–water partition coefficient (Wildman–Crippen LogP) is 4.86. The maximum absolute atomic E-state index is 14.3. The molecule has 1 amide bonds. The summed E-state index contributed by atoms with van der Waals surface area (Å²) in [5.41, 5.74) is 1.67. The maximum Gasteiger partial charge on any atom is 0.329 e. The first kappa shape index (κ1) is 47.2. The number of allylic oxidation sites excluding steroid dienone is 3. The molecule has 57 heavy (non-hydrogen) atoms. The van der Waals surface area contributed by atoms with Gasteiger partial charge in [-0.25, -0.2) is 4.79 Å². The minimum Gasteiger partial charge on any atom is -0.456 e. The summed E-state index contributed by atoms with van der Waals surface area (Å²) in [6.45, 7) is 11.4. The molecule has 4 aliphatic rings. The summed E-state index contributed by atoms with van der Waals surface area (Å²) >= 11 is 0. The summed E-state index contributed by atoms with van der Waals surface area (Å²) in [6.07, 6.45) is 4.60. The summed E-state index contributed by atoms with van der Waals surface area (Å²) in [7, 11) is 4.64. The Hall–Kier alpha value is -2.52. The Morgan fingerprint density at radius 1 is 0.912 bits per heavy atom. The lowest BCUT2D eigenvalue weighted by Gasteiger charge is -2.47. The molecule has 0 spiro atoms. The summed E-state index contributed by atoms with van der Waals surface area (Å²) in [5.74, 6) is -7.46. The number of hydrogen-bond donors (Lipinski definition) is 3. The van der Waals surface area contributed by atoms with E-state index >= 15 is 0 Å². The molecule has 3 aliphatic heterocycles. The van der Waals surface area contributed by atoms with Gasteiger partial charge in [-0.05, 0) is 95.5 Å². The van der Waals surface area contributed by atoms with Crippen molar-refractivity contribution in [3.63, 3.8) is 0 Å². The van der Waals surface area contributed by atoms with Crippen LogP contribution >= 0.6 is 0 Å². The van der Waals surface area contributed by atoms with E-state index in [-0.39, 0.29) is 49.5 Å². The third kappa shape index (κ3) is 11.4. The van der Waals surface area contributed by atoms with Gasteiger partial charge in [0.2, 0.25) is 5.79 Å². The molecule has 13 nitrogen and oxygen atoms in total. The second-order valence-corrected chi connectivity index (χ2v) is 17.5. The fraction of sp³-hybridized carbons (Fsp3) is 0.818. The molecule has 0 radical (unpaired) electrons. The summed E-state index contributed by atoms with van der Waals surface area (Å²) in [4.78, 5) is 57.9. The number of Topliss-reactive ketones (excluding diaryl/α,β-unsaturated/α-hetero) is 2. The van der Waals surface area contributed by atoms with Crippen LogP contribution in [0.4, 0.5) is 0 Å². The Labute approximate surface area is 339 Å². The average Bonchev–Trinajstić information content (AvgIpc) is 3.18. The Morgan fingerprint density at radius 3 is 2.23 bits per heavy atom. The van der Waals surface area contributed by atoms with Gasteiger partial charge in [-0.1, -0.05) is 51.8 Å². The first-order valence-corrected chi connectivity index (χ1v) is 21.3. The van der Waals surface area contributed by atoms with Gasteiger partial charge in [0.05, 0.1) is 30.5 Å². The van der Waals surface area contributed by atoms with Gasteiger partial charge in [-0.2, -0.15) is 0 Å². The molecule has 0 aromatic rings. The molecule has 324 valence electrons. The van der Waals surface area contributed by atoms with Crippen LogP contribution in [0, 0.1) is 29.6 Å². The number of aliphatic hydroxyl groups excluding tert-OH is 2. The van der Waals surface area contributed by atoms with E-state index in [9.17, 15) is 34.5 Å². The van der Waals surface area contributed by atoms with Crippen molar-refractivity contribution in [2.45, 2.75) is 173 Å². The minimum absolute atomic E-state index is 0.000416. The number of rotatable bonds is 7. The molecular weight excluding hydrogens is 734 g/mol. The van der Waals surface area contributed by atoms with Gasteiger partial charge in [0, 0.05) is 52.0 Å².